The molecule has 162 valence electrons. The SMILES string of the molecule is CC(C)C(N)CCN(C)C(=O)c1occc1CN1c2ccccc2CC1C.Cl.Cl. The van der Waals surface area contributed by atoms with Gasteiger partial charge in [0.05, 0.1) is 6.26 Å². The number of hydrogen-bond acceptors (Lipinski definition) is 4. The number of halogens is 2. The lowest BCUT2D eigenvalue weighted by atomic mass is 10.0. The Balaban J connectivity index is 0.00000210. The minimum absolute atomic E-state index is 0. The number of furan rings is 1. The number of hydrogen-bond donors (Lipinski definition) is 1. The van der Waals surface area contributed by atoms with E-state index in [0.29, 0.717) is 30.8 Å². The largest absolute Gasteiger partial charge is 0.459 e. The van der Waals surface area contributed by atoms with Gasteiger partial charge in [-0.3, -0.25) is 4.79 Å². The summed E-state index contributed by atoms with van der Waals surface area (Å²) in [5.41, 5.74) is 9.66. The molecule has 1 amide bonds. The molecule has 0 saturated heterocycles. The van der Waals surface area contributed by atoms with Crippen LogP contribution in [0.4, 0.5) is 5.69 Å². The molecule has 1 aromatic heterocycles. The zero-order valence-electron chi connectivity index (χ0n) is 17.6. The third-order valence-electron chi connectivity index (χ3n) is 5.63. The molecular weight excluding hydrogens is 409 g/mol. The molecule has 2 N–H and O–H groups in total. The highest BCUT2D eigenvalue weighted by atomic mass is 35.5. The van der Waals surface area contributed by atoms with E-state index in [1.807, 2.05) is 13.1 Å². The Kier molecular flexibility index (Phi) is 9.53. The lowest BCUT2D eigenvalue weighted by Crippen LogP contribution is -2.35. The van der Waals surface area contributed by atoms with Crippen LogP contribution in [0.25, 0.3) is 0 Å². The van der Waals surface area contributed by atoms with Gasteiger partial charge in [0.1, 0.15) is 0 Å². The predicted molar refractivity (Wildman–Crippen MR) is 123 cm³/mol. The number of carbonyl (C=O) groups is 1. The Morgan fingerprint density at radius 1 is 1.28 bits per heavy atom. The molecular formula is C22H33Cl2N3O2. The van der Waals surface area contributed by atoms with E-state index in [-0.39, 0.29) is 36.8 Å². The van der Waals surface area contributed by atoms with E-state index in [2.05, 4.69) is 49.9 Å². The normalized spacial score (nSPS) is 16.1. The lowest BCUT2D eigenvalue weighted by Gasteiger charge is -2.25. The Morgan fingerprint density at radius 2 is 1.97 bits per heavy atom. The average Bonchev–Trinajstić information content (AvgIpc) is 3.23. The summed E-state index contributed by atoms with van der Waals surface area (Å²) in [6.45, 7) is 7.73. The number of carbonyl (C=O) groups excluding carboxylic acids is 1. The lowest BCUT2D eigenvalue weighted by molar-refractivity contribution is 0.0756. The van der Waals surface area contributed by atoms with Crippen LogP contribution in [0.5, 0.6) is 0 Å². The van der Waals surface area contributed by atoms with Crippen LogP contribution >= 0.6 is 24.8 Å². The van der Waals surface area contributed by atoms with E-state index < -0.39 is 0 Å². The fraction of sp³-hybridized carbons (Fsp3) is 0.500. The van der Waals surface area contributed by atoms with Crippen LogP contribution < -0.4 is 10.6 Å². The van der Waals surface area contributed by atoms with Crippen LogP contribution in [-0.2, 0) is 13.0 Å². The molecule has 1 aromatic carbocycles. The number of nitrogens with zero attached hydrogens (tertiary/aromatic N) is 2. The molecule has 5 nitrogen and oxygen atoms in total. The van der Waals surface area contributed by atoms with Crippen LogP contribution in [0.2, 0.25) is 0 Å². The maximum atomic E-state index is 12.9. The second-order valence-electron chi connectivity index (χ2n) is 8.01. The molecule has 2 heterocycles. The molecule has 0 radical (unpaired) electrons. The topological polar surface area (TPSA) is 62.7 Å². The minimum atomic E-state index is -0.0777. The molecule has 0 aliphatic carbocycles. The average molecular weight is 442 g/mol. The standard InChI is InChI=1S/C22H31N3O2.2ClH/c1-15(2)19(23)9-11-24(4)22(26)21-18(10-12-27-21)14-25-16(3)13-17-7-5-6-8-20(17)25;;/h5-8,10,12,15-16,19H,9,11,13-14,23H2,1-4H3;2*1H. The minimum Gasteiger partial charge on any atom is -0.459 e. The second kappa shape index (κ2) is 10.9. The maximum absolute atomic E-state index is 12.9. The van der Waals surface area contributed by atoms with E-state index in [4.69, 9.17) is 10.2 Å². The van der Waals surface area contributed by atoms with Gasteiger partial charge in [-0.2, -0.15) is 0 Å². The van der Waals surface area contributed by atoms with Gasteiger partial charge >= 0.3 is 0 Å². The van der Waals surface area contributed by atoms with Gasteiger partial charge in [0.25, 0.3) is 5.91 Å². The Bertz CT molecular complexity index is 794. The van der Waals surface area contributed by atoms with Crippen LogP contribution in [0.15, 0.2) is 41.0 Å². The van der Waals surface area contributed by atoms with E-state index in [9.17, 15) is 4.79 Å². The molecule has 0 spiro atoms. The quantitative estimate of drug-likeness (QED) is 0.685. The predicted octanol–water partition coefficient (Wildman–Crippen LogP) is 4.52. The van der Waals surface area contributed by atoms with Crippen molar-refractivity contribution < 1.29 is 9.21 Å². The molecule has 7 heteroatoms. The monoisotopic (exact) mass is 441 g/mol. The summed E-state index contributed by atoms with van der Waals surface area (Å²) in [5, 5.41) is 0. The molecule has 2 atom stereocenters. The van der Waals surface area contributed by atoms with E-state index >= 15 is 0 Å². The highest BCUT2D eigenvalue weighted by molar-refractivity contribution is 5.92. The zero-order valence-corrected chi connectivity index (χ0v) is 19.3. The first-order valence-corrected chi connectivity index (χ1v) is 9.80. The summed E-state index contributed by atoms with van der Waals surface area (Å²) in [7, 11) is 1.81. The first-order chi connectivity index (χ1) is 12.9. The number of fused-ring (bicyclic) bond motifs is 1. The summed E-state index contributed by atoms with van der Waals surface area (Å²) < 4.78 is 5.59. The van der Waals surface area contributed by atoms with Gasteiger partial charge < -0.3 is 20.0 Å². The van der Waals surface area contributed by atoms with Crippen molar-refractivity contribution in [2.75, 3.05) is 18.5 Å². The summed E-state index contributed by atoms with van der Waals surface area (Å²) >= 11 is 0. The van der Waals surface area contributed by atoms with Crippen LogP contribution in [0.1, 0.15) is 48.9 Å². The van der Waals surface area contributed by atoms with E-state index in [1.54, 1.807) is 11.2 Å². The van der Waals surface area contributed by atoms with Crippen LogP contribution in [0, 0.1) is 5.92 Å². The van der Waals surface area contributed by atoms with Crippen LogP contribution in [-0.4, -0.2) is 36.5 Å². The summed E-state index contributed by atoms with van der Waals surface area (Å²) in [5.74, 6) is 0.766. The molecule has 1 aliphatic heterocycles. The van der Waals surface area contributed by atoms with Crippen molar-refractivity contribution >= 4 is 36.4 Å². The molecule has 0 saturated carbocycles. The number of para-hydroxylation sites is 1. The van der Waals surface area contributed by atoms with Gasteiger partial charge in [0.2, 0.25) is 0 Å². The van der Waals surface area contributed by atoms with Crippen molar-refractivity contribution in [2.45, 2.75) is 52.2 Å². The number of anilines is 1. The molecule has 29 heavy (non-hydrogen) atoms. The van der Waals surface area contributed by atoms with Crippen molar-refractivity contribution in [2.24, 2.45) is 11.7 Å². The third-order valence-corrected chi connectivity index (χ3v) is 5.63. The fourth-order valence-corrected chi connectivity index (χ4v) is 3.65. The second-order valence-corrected chi connectivity index (χ2v) is 8.01. The molecule has 1 aliphatic rings. The number of benzene rings is 1. The maximum Gasteiger partial charge on any atom is 0.289 e. The Hall–Kier alpha value is -1.69. The van der Waals surface area contributed by atoms with Crippen molar-refractivity contribution in [1.82, 2.24) is 4.90 Å². The highest BCUT2D eigenvalue weighted by Gasteiger charge is 2.28. The van der Waals surface area contributed by atoms with Gasteiger partial charge in [-0.25, -0.2) is 0 Å². The van der Waals surface area contributed by atoms with E-state index in [0.717, 1.165) is 18.4 Å². The molecule has 2 unspecified atom stereocenters. The third kappa shape index (κ3) is 5.68. The van der Waals surface area contributed by atoms with Gasteiger partial charge in [-0.05, 0) is 43.4 Å². The first kappa shape index (κ1) is 25.3. The molecule has 3 rings (SSSR count). The van der Waals surface area contributed by atoms with Crippen LogP contribution in [0.3, 0.4) is 0 Å². The van der Waals surface area contributed by atoms with Gasteiger partial charge in [0, 0.05) is 43.5 Å². The number of nitrogens with two attached hydrogens (primary N) is 1. The molecule has 0 fully saturated rings. The fourth-order valence-electron chi connectivity index (χ4n) is 3.65. The van der Waals surface area contributed by atoms with Crippen molar-refractivity contribution in [1.29, 1.82) is 0 Å². The zero-order chi connectivity index (χ0) is 19.6. The van der Waals surface area contributed by atoms with Gasteiger partial charge in [-0.15, -0.1) is 24.8 Å². The van der Waals surface area contributed by atoms with Crippen molar-refractivity contribution in [3.8, 4) is 0 Å². The van der Waals surface area contributed by atoms with Gasteiger partial charge in [0.15, 0.2) is 5.76 Å². The Morgan fingerprint density at radius 3 is 2.66 bits per heavy atom. The van der Waals surface area contributed by atoms with Gasteiger partial charge in [-0.1, -0.05) is 32.0 Å². The van der Waals surface area contributed by atoms with Crippen molar-refractivity contribution in [3.63, 3.8) is 0 Å². The summed E-state index contributed by atoms with van der Waals surface area (Å²) in [6.07, 6.45) is 3.43. The molecule has 0 bridgehead atoms. The first-order valence-electron chi connectivity index (χ1n) is 9.80. The molecule has 2 aromatic rings. The highest BCUT2D eigenvalue weighted by Crippen LogP contribution is 2.33. The smallest absolute Gasteiger partial charge is 0.289 e. The Labute approximate surface area is 186 Å². The summed E-state index contributed by atoms with van der Waals surface area (Å²) in [4.78, 5) is 16.9. The number of rotatable bonds is 7. The van der Waals surface area contributed by atoms with E-state index in [1.165, 1.54) is 11.3 Å². The summed E-state index contributed by atoms with van der Waals surface area (Å²) in [6, 6.07) is 10.9. The number of amides is 1. The van der Waals surface area contributed by atoms with Crippen molar-refractivity contribution in [3.05, 3.63) is 53.5 Å².